The molecular formula is C14H12Cl2FN3O. The van der Waals surface area contributed by atoms with Gasteiger partial charge in [-0.2, -0.15) is 0 Å². The number of aromatic nitrogens is 3. The van der Waals surface area contributed by atoms with Gasteiger partial charge in [0.2, 0.25) is 0 Å². The Hall–Kier alpha value is -1.59. The average Bonchev–Trinajstić information content (AvgIpc) is 2.97. The highest BCUT2D eigenvalue weighted by molar-refractivity contribution is 6.31. The molecule has 1 aromatic carbocycles. The van der Waals surface area contributed by atoms with E-state index in [4.69, 9.17) is 27.7 Å². The third kappa shape index (κ3) is 2.76. The summed E-state index contributed by atoms with van der Waals surface area (Å²) in [7, 11) is 0. The Balaban J connectivity index is 2.12. The molecule has 0 amide bonds. The Morgan fingerprint density at radius 1 is 1.33 bits per heavy atom. The SMILES string of the molecule is Cc1cc(Cn2c(CCCl)nc3cc(Cl)c(F)cc32)no1. The van der Waals surface area contributed by atoms with E-state index in [1.807, 2.05) is 17.6 Å². The van der Waals surface area contributed by atoms with Gasteiger partial charge in [-0.15, -0.1) is 11.6 Å². The zero-order valence-electron chi connectivity index (χ0n) is 11.2. The summed E-state index contributed by atoms with van der Waals surface area (Å²) < 4.78 is 20.7. The Morgan fingerprint density at radius 3 is 2.81 bits per heavy atom. The van der Waals surface area contributed by atoms with Crippen molar-refractivity contribution >= 4 is 34.2 Å². The maximum absolute atomic E-state index is 13.7. The van der Waals surface area contributed by atoms with Gasteiger partial charge < -0.3 is 9.09 Å². The zero-order chi connectivity index (χ0) is 15.0. The largest absolute Gasteiger partial charge is 0.361 e. The molecule has 0 N–H and O–H groups in total. The summed E-state index contributed by atoms with van der Waals surface area (Å²) in [5.41, 5.74) is 2.05. The Morgan fingerprint density at radius 2 is 2.14 bits per heavy atom. The van der Waals surface area contributed by atoms with E-state index < -0.39 is 5.82 Å². The highest BCUT2D eigenvalue weighted by atomic mass is 35.5. The number of rotatable bonds is 4. The van der Waals surface area contributed by atoms with Crippen molar-refractivity contribution in [1.82, 2.24) is 14.7 Å². The summed E-state index contributed by atoms with van der Waals surface area (Å²) in [6.07, 6.45) is 0.576. The Bertz CT molecular complexity index is 797. The van der Waals surface area contributed by atoms with Crippen molar-refractivity contribution in [1.29, 1.82) is 0 Å². The van der Waals surface area contributed by atoms with Gasteiger partial charge >= 0.3 is 0 Å². The number of fused-ring (bicyclic) bond motifs is 1. The van der Waals surface area contributed by atoms with Gasteiger partial charge in [0, 0.05) is 24.4 Å². The quantitative estimate of drug-likeness (QED) is 0.681. The standard InChI is InChI=1S/C14H12Cl2FN3O/c1-8-4-9(19-21-8)7-20-13-6-11(17)10(16)5-12(13)18-14(20)2-3-15/h4-6H,2-3,7H2,1H3. The normalized spacial score (nSPS) is 11.4. The smallest absolute Gasteiger partial charge is 0.144 e. The molecule has 0 fully saturated rings. The van der Waals surface area contributed by atoms with Crippen LogP contribution in [-0.2, 0) is 13.0 Å². The molecule has 2 aromatic heterocycles. The van der Waals surface area contributed by atoms with Crippen LogP contribution in [0.4, 0.5) is 4.39 Å². The third-order valence-corrected chi connectivity index (χ3v) is 3.66. The van der Waals surface area contributed by atoms with Crippen LogP contribution in [0, 0.1) is 12.7 Å². The van der Waals surface area contributed by atoms with Crippen molar-refractivity contribution in [2.24, 2.45) is 0 Å². The van der Waals surface area contributed by atoms with Crippen molar-refractivity contribution in [3.8, 4) is 0 Å². The van der Waals surface area contributed by atoms with Gasteiger partial charge in [0.05, 0.1) is 22.6 Å². The third-order valence-electron chi connectivity index (χ3n) is 3.18. The number of alkyl halides is 1. The minimum atomic E-state index is -0.473. The fourth-order valence-corrected chi connectivity index (χ4v) is 2.60. The summed E-state index contributed by atoms with van der Waals surface area (Å²) in [5.74, 6) is 1.45. The van der Waals surface area contributed by atoms with Crippen LogP contribution < -0.4 is 0 Å². The summed E-state index contributed by atoms with van der Waals surface area (Å²) in [6.45, 7) is 2.27. The van der Waals surface area contributed by atoms with E-state index in [1.54, 1.807) is 0 Å². The maximum Gasteiger partial charge on any atom is 0.144 e. The number of nitrogens with zero attached hydrogens (tertiary/aromatic N) is 3. The number of hydrogen-bond donors (Lipinski definition) is 0. The van der Waals surface area contributed by atoms with Crippen LogP contribution in [0.5, 0.6) is 0 Å². The highest BCUT2D eigenvalue weighted by Gasteiger charge is 2.15. The van der Waals surface area contributed by atoms with E-state index in [-0.39, 0.29) is 5.02 Å². The lowest BCUT2D eigenvalue weighted by Crippen LogP contribution is -2.06. The van der Waals surface area contributed by atoms with Crippen molar-refractivity contribution in [2.75, 3.05) is 5.88 Å². The molecular weight excluding hydrogens is 316 g/mol. The summed E-state index contributed by atoms with van der Waals surface area (Å²) in [4.78, 5) is 4.48. The average molecular weight is 328 g/mol. The van der Waals surface area contributed by atoms with E-state index >= 15 is 0 Å². The molecule has 0 radical (unpaired) electrons. The minimum absolute atomic E-state index is 0.0573. The van der Waals surface area contributed by atoms with Crippen molar-refractivity contribution in [3.05, 3.63) is 46.3 Å². The summed E-state index contributed by atoms with van der Waals surface area (Å²) in [6, 6.07) is 4.74. The second-order valence-corrected chi connectivity index (χ2v) is 5.52. The second kappa shape index (κ2) is 5.66. The van der Waals surface area contributed by atoms with Gasteiger partial charge in [0.25, 0.3) is 0 Å². The molecule has 4 nitrogen and oxygen atoms in total. The molecule has 3 rings (SSSR count). The fourth-order valence-electron chi connectivity index (χ4n) is 2.28. The van der Waals surface area contributed by atoms with Crippen LogP contribution in [0.15, 0.2) is 22.7 Å². The minimum Gasteiger partial charge on any atom is -0.361 e. The molecule has 0 saturated heterocycles. The van der Waals surface area contributed by atoms with Gasteiger partial charge in [0.1, 0.15) is 23.1 Å². The first-order chi connectivity index (χ1) is 10.1. The monoisotopic (exact) mass is 327 g/mol. The van der Waals surface area contributed by atoms with Crippen LogP contribution in [0.3, 0.4) is 0 Å². The predicted octanol–water partition coefficient (Wildman–Crippen LogP) is 3.95. The molecule has 0 atom stereocenters. The number of benzene rings is 1. The molecule has 7 heteroatoms. The molecule has 0 spiro atoms. The second-order valence-electron chi connectivity index (χ2n) is 4.74. The number of halogens is 3. The van der Waals surface area contributed by atoms with Gasteiger partial charge in [0.15, 0.2) is 0 Å². The van der Waals surface area contributed by atoms with Crippen LogP contribution >= 0.6 is 23.2 Å². The zero-order valence-corrected chi connectivity index (χ0v) is 12.7. The predicted molar refractivity (Wildman–Crippen MR) is 79.5 cm³/mol. The molecule has 3 aromatic rings. The number of aryl methyl sites for hydroxylation is 2. The molecule has 0 unspecified atom stereocenters. The van der Waals surface area contributed by atoms with Gasteiger partial charge in [-0.05, 0) is 13.0 Å². The molecule has 0 bridgehead atoms. The lowest BCUT2D eigenvalue weighted by atomic mass is 10.3. The molecule has 21 heavy (non-hydrogen) atoms. The maximum atomic E-state index is 13.7. The van der Waals surface area contributed by atoms with Gasteiger partial charge in [-0.3, -0.25) is 0 Å². The van der Waals surface area contributed by atoms with E-state index in [9.17, 15) is 4.39 Å². The van der Waals surface area contributed by atoms with Crippen LogP contribution in [0.25, 0.3) is 11.0 Å². The van der Waals surface area contributed by atoms with Gasteiger partial charge in [-0.1, -0.05) is 16.8 Å². The number of imidazole rings is 1. The molecule has 0 aliphatic rings. The first-order valence-electron chi connectivity index (χ1n) is 6.41. The summed E-state index contributed by atoms with van der Waals surface area (Å²) >= 11 is 11.6. The molecule has 0 aliphatic heterocycles. The number of hydrogen-bond acceptors (Lipinski definition) is 3. The lowest BCUT2D eigenvalue weighted by molar-refractivity contribution is 0.389. The lowest BCUT2D eigenvalue weighted by Gasteiger charge is -2.06. The Kier molecular flexibility index (Phi) is 3.87. The van der Waals surface area contributed by atoms with E-state index in [0.29, 0.717) is 29.9 Å². The first-order valence-corrected chi connectivity index (χ1v) is 7.32. The first kappa shape index (κ1) is 14.4. The van der Waals surface area contributed by atoms with Crippen molar-refractivity contribution in [2.45, 2.75) is 19.9 Å². The van der Waals surface area contributed by atoms with Crippen molar-refractivity contribution in [3.63, 3.8) is 0 Å². The molecule has 0 saturated carbocycles. The molecule has 2 heterocycles. The van der Waals surface area contributed by atoms with Crippen LogP contribution in [0.2, 0.25) is 5.02 Å². The molecule has 0 aliphatic carbocycles. The summed E-state index contributed by atoms with van der Waals surface area (Å²) in [5, 5.41) is 4.02. The van der Waals surface area contributed by atoms with Crippen LogP contribution in [-0.4, -0.2) is 20.6 Å². The highest BCUT2D eigenvalue weighted by Crippen LogP contribution is 2.25. The van der Waals surface area contributed by atoms with Crippen LogP contribution in [0.1, 0.15) is 17.3 Å². The van der Waals surface area contributed by atoms with Gasteiger partial charge in [-0.25, -0.2) is 9.37 Å². The molecule has 110 valence electrons. The van der Waals surface area contributed by atoms with E-state index in [1.165, 1.54) is 12.1 Å². The topological polar surface area (TPSA) is 43.9 Å². The van der Waals surface area contributed by atoms with E-state index in [0.717, 1.165) is 17.3 Å². The van der Waals surface area contributed by atoms with E-state index in [2.05, 4.69) is 10.1 Å². The Labute approximate surface area is 130 Å². The van der Waals surface area contributed by atoms with Crippen molar-refractivity contribution < 1.29 is 8.91 Å². The fraction of sp³-hybridized carbons (Fsp3) is 0.286.